The van der Waals surface area contributed by atoms with E-state index in [1.807, 2.05) is 0 Å². The van der Waals surface area contributed by atoms with E-state index in [1.165, 1.54) is 19.3 Å². The Labute approximate surface area is 77.8 Å². The Morgan fingerprint density at radius 2 is 1.60 bits per heavy atom. The minimum Gasteiger partial charge on any atom is -0.330 e. The molecule has 0 aromatic heterocycles. The highest BCUT2D eigenvalue weighted by molar-refractivity contribution is 6.63. The fourth-order valence-corrected chi connectivity index (χ4v) is 0.394. The average molecular weight is 207 g/mol. The highest BCUT2D eigenvalue weighted by atomic mass is 35.6. The van der Waals surface area contributed by atoms with Crippen LogP contribution in [0.5, 0.6) is 0 Å². The van der Waals surface area contributed by atoms with E-state index in [0.717, 1.165) is 6.54 Å². The molecule has 2 N–H and O–H groups in total. The van der Waals surface area contributed by atoms with Gasteiger partial charge in [-0.3, -0.25) is 0 Å². The summed E-state index contributed by atoms with van der Waals surface area (Å²) in [4.78, 5) is 0. The van der Waals surface area contributed by atoms with Crippen molar-refractivity contribution < 1.29 is 0 Å². The van der Waals surface area contributed by atoms with Crippen LogP contribution in [0, 0.1) is 0 Å². The van der Waals surface area contributed by atoms with Crippen molar-refractivity contribution in [2.45, 2.75) is 30.5 Å². The molecule has 0 fully saturated rings. The van der Waals surface area contributed by atoms with E-state index in [4.69, 9.17) is 40.5 Å². The molecule has 0 saturated carbocycles. The number of nitrogens with two attached hydrogens (primary N) is 1. The molecule has 10 heavy (non-hydrogen) atoms. The van der Waals surface area contributed by atoms with E-state index in [2.05, 4.69) is 6.92 Å². The average Bonchev–Trinajstić information content (AvgIpc) is 1.82. The van der Waals surface area contributed by atoms with E-state index in [0.29, 0.717) is 0 Å². The van der Waals surface area contributed by atoms with Gasteiger partial charge in [0.2, 0.25) is 0 Å². The summed E-state index contributed by atoms with van der Waals surface area (Å²) in [5.41, 5.74) is 5.21. The van der Waals surface area contributed by atoms with Crippen LogP contribution in [0.1, 0.15) is 26.2 Å². The second-order valence-electron chi connectivity index (χ2n) is 1.74. The fraction of sp³-hybridized carbons (Fsp3) is 1.00. The third-order valence-electron chi connectivity index (χ3n) is 0.808. The monoisotopic (exact) mass is 205 g/mol. The largest absolute Gasteiger partial charge is 0.330 e. The Morgan fingerprint density at radius 1 is 1.20 bits per heavy atom. The van der Waals surface area contributed by atoms with E-state index in [-0.39, 0.29) is 0 Å². The Balaban J connectivity index is 0. The zero-order valence-electron chi connectivity index (χ0n) is 6.12. The van der Waals surface area contributed by atoms with Gasteiger partial charge in [0.05, 0.1) is 0 Å². The third-order valence-corrected chi connectivity index (χ3v) is 0.808. The first-order valence-electron chi connectivity index (χ1n) is 3.27. The predicted molar refractivity (Wildman–Crippen MR) is 49.9 cm³/mol. The van der Waals surface area contributed by atoms with Crippen LogP contribution < -0.4 is 5.73 Å². The number of hydrogen-bond acceptors (Lipinski definition) is 1. The van der Waals surface area contributed by atoms with Gasteiger partial charge < -0.3 is 5.73 Å². The van der Waals surface area contributed by atoms with Gasteiger partial charge in [-0.2, -0.15) is 0 Å². The minimum absolute atomic E-state index is 0.750. The van der Waals surface area contributed by atoms with Gasteiger partial charge in [-0.05, 0) is 13.0 Å². The summed E-state index contributed by atoms with van der Waals surface area (Å²) < 4.78 is -0.750. The lowest BCUT2D eigenvalue weighted by molar-refractivity contribution is 0.727. The van der Waals surface area contributed by atoms with Gasteiger partial charge >= 0.3 is 0 Å². The Hall–Kier alpha value is 0.830. The molecule has 64 valence electrons. The molecule has 0 saturated heterocycles. The Morgan fingerprint density at radius 3 is 1.70 bits per heavy atom. The highest BCUT2D eigenvalue weighted by Gasteiger charge is 1.79. The van der Waals surface area contributed by atoms with Crippen molar-refractivity contribution in [3.8, 4) is 0 Å². The molecule has 0 bridgehead atoms. The standard InChI is InChI=1S/C5H13N.CHCl3/c1-2-3-4-5-6;2-1(3)4/h2-6H2,1H3;1H. The van der Waals surface area contributed by atoms with Crippen LogP contribution >= 0.6 is 34.8 Å². The molecule has 0 aliphatic carbocycles. The second kappa shape index (κ2) is 12.5. The normalized spacial score (nSPS) is 9.00. The molecular weight excluding hydrogens is 192 g/mol. The van der Waals surface area contributed by atoms with Gasteiger partial charge in [-0.25, -0.2) is 0 Å². The summed E-state index contributed by atoms with van der Waals surface area (Å²) in [7, 11) is 0. The summed E-state index contributed by atoms with van der Waals surface area (Å²) in [5, 5.41) is 0. The molecule has 0 atom stereocenters. The zero-order valence-corrected chi connectivity index (χ0v) is 8.38. The van der Waals surface area contributed by atoms with Gasteiger partial charge in [-0.15, -0.1) is 0 Å². The van der Waals surface area contributed by atoms with Gasteiger partial charge in [0, 0.05) is 0 Å². The SMILES string of the molecule is CCCCCN.ClC(Cl)Cl. The summed E-state index contributed by atoms with van der Waals surface area (Å²) in [6.45, 7) is 3.03. The molecule has 1 nitrogen and oxygen atoms in total. The summed E-state index contributed by atoms with van der Waals surface area (Å²) in [5.74, 6) is 0. The first-order chi connectivity index (χ1) is 4.65. The number of rotatable bonds is 3. The van der Waals surface area contributed by atoms with E-state index in [9.17, 15) is 0 Å². The maximum absolute atomic E-state index is 5.21. The quantitative estimate of drug-likeness (QED) is 0.557. The van der Waals surface area contributed by atoms with Crippen LogP contribution in [-0.4, -0.2) is 10.8 Å². The third kappa shape index (κ3) is 36.9. The molecule has 0 rings (SSSR count). The first-order valence-corrected chi connectivity index (χ1v) is 4.58. The molecular formula is C6H14Cl3N. The van der Waals surface area contributed by atoms with Crippen LogP contribution in [0.4, 0.5) is 0 Å². The zero-order chi connectivity index (χ0) is 8.41. The lowest BCUT2D eigenvalue weighted by atomic mass is 10.3. The van der Waals surface area contributed by atoms with Gasteiger partial charge in [0.25, 0.3) is 0 Å². The lowest BCUT2D eigenvalue weighted by Gasteiger charge is -1.86. The summed E-state index contributed by atoms with van der Waals surface area (Å²) >= 11 is 14.4. The topological polar surface area (TPSA) is 26.0 Å². The molecule has 0 aromatic rings. The van der Waals surface area contributed by atoms with Crippen molar-refractivity contribution in [1.82, 2.24) is 0 Å². The number of unbranched alkanes of at least 4 members (excludes halogenated alkanes) is 2. The Kier molecular flexibility index (Phi) is 16.8. The van der Waals surface area contributed by atoms with Crippen molar-refractivity contribution in [1.29, 1.82) is 0 Å². The molecule has 0 spiro atoms. The number of alkyl halides is 3. The molecule has 4 heteroatoms. The van der Waals surface area contributed by atoms with Crippen molar-refractivity contribution in [2.24, 2.45) is 5.73 Å². The molecule has 0 radical (unpaired) electrons. The van der Waals surface area contributed by atoms with Crippen molar-refractivity contribution in [2.75, 3.05) is 6.54 Å². The molecule has 0 heterocycles. The van der Waals surface area contributed by atoms with Crippen LogP contribution in [0.2, 0.25) is 0 Å². The second-order valence-corrected chi connectivity index (χ2v) is 3.72. The summed E-state index contributed by atoms with van der Waals surface area (Å²) in [6, 6.07) is 0. The molecule has 0 aliphatic heterocycles. The maximum Gasteiger partial charge on any atom is 0.180 e. The van der Waals surface area contributed by atoms with E-state index in [1.54, 1.807) is 0 Å². The minimum atomic E-state index is -0.750. The van der Waals surface area contributed by atoms with Crippen LogP contribution in [0.3, 0.4) is 0 Å². The molecule has 0 amide bonds. The summed E-state index contributed by atoms with van der Waals surface area (Å²) in [6.07, 6.45) is 3.75. The fourth-order valence-electron chi connectivity index (χ4n) is 0.394. The first kappa shape index (κ1) is 13.4. The number of hydrogen-bond donors (Lipinski definition) is 1. The Bertz CT molecular complexity index is 43.5. The number of halogens is 3. The van der Waals surface area contributed by atoms with Crippen molar-refractivity contribution in [3.05, 3.63) is 0 Å². The maximum atomic E-state index is 5.21. The molecule has 0 aliphatic rings. The van der Waals surface area contributed by atoms with Gasteiger partial charge in [0.15, 0.2) is 4.30 Å². The van der Waals surface area contributed by atoms with E-state index >= 15 is 0 Å². The van der Waals surface area contributed by atoms with Gasteiger partial charge in [0.1, 0.15) is 0 Å². The molecule has 0 unspecified atom stereocenters. The van der Waals surface area contributed by atoms with Crippen molar-refractivity contribution in [3.63, 3.8) is 0 Å². The van der Waals surface area contributed by atoms with Gasteiger partial charge in [-0.1, -0.05) is 54.6 Å². The van der Waals surface area contributed by atoms with Crippen LogP contribution in [0.25, 0.3) is 0 Å². The van der Waals surface area contributed by atoms with E-state index < -0.39 is 4.30 Å². The predicted octanol–water partition coefficient (Wildman–Crippen LogP) is 3.12. The van der Waals surface area contributed by atoms with Crippen LogP contribution in [0.15, 0.2) is 0 Å². The molecule has 0 aromatic carbocycles. The smallest absolute Gasteiger partial charge is 0.180 e. The highest BCUT2D eigenvalue weighted by Crippen LogP contribution is 2.03. The van der Waals surface area contributed by atoms with Crippen molar-refractivity contribution >= 4 is 34.8 Å². The lowest BCUT2D eigenvalue weighted by Crippen LogP contribution is -1.96. The van der Waals surface area contributed by atoms with Crippen LogP contribution in [-0.2, 0) is 0 Å².